The summed E-state index contributed by atoms with van der Waals surface area (Å²) in [4.78, 5) is 2.16. The highest BCUT2D eigenvalue weighted by Crippen LogP contribution is 2.35. The molecule has 0 amide bonds. The van der Waals surface area contributed by atoms with Crippen LogP contribution in [0.5, 0.6) is 0 Å². The van der Waals surface area contributed by atoms with E-state index in [9.17, 15) is 13.2 Å². The zero-order chi connectivity index (χ0) is 14.0. The van der Waals surface area contributed by atoms with Gasteiger partial charge in [-0.2, -0.15) is 25.8 Å². The Hall–Kier alpha value is 0.100. The maximum Gasteiger partial charge on any atom is 0.391 e. The topological polar surface area (TPSA) is 3.24 Å². The van der Waals surface area contributed by atoms with Crippen molar-refractivity contribution >= 4 is 12.6 Å². The number of alkyl halides is 3. The first-order chi connectivity index (χ1) is 8.14. The summed E-state index contributed by atoms with van der Waals surface area (Å²) in [6.45, 7) is 8.47. The van der Waals surface area contributed by atoms with Gasteiger partial charge in [-0.15, -0.1) is 0 Å². The molecule has 1 aliphatic rings. The maximum atomic E-state index is 12.6. The minimum atomic E-state index is -4.01. The molecular formula is C13H24F3NS. The molecule has 0 aromatic heterocycles. The third-order valence-corrected chi connectivity index (χ3v) is 4.41. The van der Waals surface area contributed by atoms with E-state index < -0.39 is 12.1 Å². The summed E-state index contributed by atoms with van der Waals surface area (Å²) in [5.74, 6) is 0.101. The van der Waals surface area contributed by atoms with E-state index in [-0.39, 0.29) is 18.3 Å². The Kier molecular flexibility index (Phi) is 5.42. The molecule has 1 unspecified atom stereocenters. The molecule has 1 fully saturated rings. The van der Waals surface area contributed by atoms with Crippen LogP contribution < -0.4 is 0 Å². The van der Waals surface area contributed by atoms with E-state index in [0.717, 1.165) is 12.3 Å². The highest BCUT2D eigenvalue weighted by Gasteiger charge is 2.41. The average molecular weight is 283 g/mol. The Morgan fingerprint density at radius 1 is 1.17 bits per heavy atom. The third-order valence-electron chi connectivity index (χ3n) is 3.97. The molecular weight excluding hydrogens is 259 g/mol. The smallest absolute Gasteiger partial charge is 0.303 e. The first-order valence-corrected chi connectivity index (χ1v) is 7.17. The molecule has 1 nitrogen and oxygen atoms in total. The van der Waals surface area contributed by atoms with Crippen molar-refractivity contribution in [2.75, 3.05) is 25.4 Å². The number of halogens is 3. The molecule has 0 radical (unpaired) electrons. The zero-order valence-electron chi connectivity index (χ0n) is 11.4. The third kappa shape index (κ3) is 4.65. The van der Waals surface area contributed by atoms with Crippen LogP contribution in [0.3, 0.4) is 0 Å². The molecule has 1 aliphatic heterocycles. The molecule has 1 rings (SSSR count). The van der Waals surface area contributed by atoms with Crippen LogP contribution in [0.15, 0.2) is 0 Å². The number of thiol groups is 1. The molecule has 18 heavy (non-hydrogen) atoms. The summed E-state index contributed by atoms with van der Waals surface area (Å²) in [7, 11) is 0. The number of piperidine rings is 1. The van der Waals surface area contributed by atoms with E-state index in [1.165, 1.54) is 0 Å². The second kappa shape index (κ2) is 6.04. The normalized spacial score (nSPS) is 22.2. The summed E-state index contributed by atoms with van der Waals surface area (Å²) in [6, 6.07) is 0. The van der Waals surface area contributed by atoms with E-state index in [4.69, 9.17) is 0 Å². The Balaban J connectivity index is 2.44. The van der Waals surface area contributed by atoms with Gasteiger partial charge >= 0.3 is 6.18 Å². The quantitative estimate of drug-likeness (QED) is 0.770. The minimum Gasteiger partial charge on any atom is -0.303 e. The minimum absolute atomic E-state index is 0.155. The molecule has 0 aromatic carbocycles. The lowest BCUT2D eigenvalue weighted by Gasteiger charge is -2.38. The lowest BCUT2D eigenvalue weighted by atomic mass is 9.81. The first kappa shape index (κ1) is 16.2. The summed E-state index contributed by atoms with van der Waals surface area (Å²) >= 11 is 4.37. The molecule has 1 saturated heterocycles. The lowest BCUT2D eigenvalue weighted by Crippen LogP contribution is -2.43. The van der Waals surface area contributed by atoms with Crippen molar-refractivity contribution in [3.05, 3.63) is 0 Å². The van der Waals surface area contributed by atoms with Crippen LogP contribution in [0, 0.1) is 17.3 Å². The van der Waals surface area contributed by atoms with Crippen LogP contribution in [0.1, 0.15) is 33.6 Å². The van der Waals surface area contributed by atoms with Crippen molar-refractivity contribution in [1.29, 1.82) is 0 Å². The van der Waals surface area contributed by atoms with Gasteiger partial charge < -0.3 is 4.90 Å². The van der Waals surface area contributed by atoms with Crippen LogP contribution in [-0.4, -0.2) is 36.5 Å². The van der Waals surface area contributed by atoms with E-state index >= 15 is 0 Å². The molecule has 108 valence electrons. The number of nitrogens with zero attached hydrogens (tertiary/aromatic N) is 1. The average Bonchev–Trinajstić information content (AvgIpc) is 2.23. The van der Waals surface area contributed by atoms with Crippen LogP contribution in [0.25, 0.3) is 0 Å². The Labute approximate surface area is 114 Å². The molecule has 0 aromatic rings. The van der Waals surface area contributed by atoms with Gasteiger partial charge in [-0.3, -0.25) is 0 Å². The predicted molar refractivity (Wildman–Crippen MR) is 72.0 cm³/mol. The Morgan fingerprint density at radius 3 is 2.00 bits per heavy atom. The standard InChI is InChI=1S/C13H24F3NS/c1-12(2,3)11(9-18)8-17-6-4-10(5-7-17)13(14,15)16/h10-11,18H,4-9H2,1-3H3. The van der Waals surface area contributed by atoms with Crippen molar-refractivity contribution in [3.63, 3.8) is 0 Å². The number of rotatable bonds is 3. The SMILES string of the molecule is CC(C)(C)C(CS)CN1CCC(C(F)(F)F)CC1. The monoisotopic (exact) mass is 283 g/mol. The predicted octanol–water partition coefficient (Wildman–Crippen LogP) is 3.85. The van der Waals surface area contributed by atoms with Crippen molar-refractivity contribution in [1.82, 2.24) is 4.90 Å². The summed E-state index contributed by atoms with van der Waals surface area (Å²) < 4.78 is 37.7. The Bertz CT molecular complexity index is 252. The molecule has 1 atom stereocenters. The highest BCUT2D eigenvalue weighted by atomic mass is 32.1. The van der Waals surface area contributed by atoms with Crippen molar-refractivity contribution in [3.8, 4) is 0 Å². The highest BCUT2D eigenvalue weighted by molar-refractivity contribution is 7.80. The first-order valence-electron chi connectivity index (χ1n) is 6.54. The van der Waals surface area contributed by atoms with E-state index in [2.05, 4.69) is 38.3 Å². The van der Waals surface area contributed by atoms with Gasteiger partial charge in [0.2, 0.25) is 0 Å². The molecule has 0 N–H and O–H groups in total. The number of likely N-dealkylation sites (tertiary alicyclic amines) is 1. The van der Waals surface area contributed by atoms with Gasteiger partial charge in [0.05, 0.1) is 5.92 Å². The van der Waals surface area contributed by atoms with Gasteiger partial charge in [0.25, 0.3) is 0 Å². The summed E-state index contributed by atoms with van der Waals surface area (Å²) in [6.07, 6.45) is -3.53. The lowest BCUT2D eigenvalue weighted by molar-refractivity contribution is -0.185. The molecule has 0 saturated carbocycles. The zero-order valence-corrected chi connectivity index (χ0v) is 12.3. The van der Waals surface area contributed by atoms with Gasteiger partial charge in [-0.25, -0.2) is 0 Å². The van der Waals surface area contributed by atoms with Crippen LogP contribution >= 0.6 is 12.6 Å². The van der Waals surface area contributed by atoms with Crippen molar-refractivity contribution in [2.24, 2.45) is 17.3 Å². The fourth-order valence-electron chi connectivity index (χ4n) is 2.36. The molecule has 1 heterocycles. The largest absolute Gasteiger partial charge is 0.391 e. The van der Waals surface area contributed by atoms with Crippen molar-refractivity contribution < 1.29 is 13.2 Å². The molecule has 0 spiro atoms. The molecule has 0 aliphatic carbocycles. The molecule has 0 bridgehead atoms. The van der Waals surface area contributed by atoms with Crippen LogP contribution in [0.4, 0.5) is 13.2 Å². The Morgan fingerprint density at radius 2 is 1.67 bits per heavy atom. The van der Waals surface area contributed by atoms with E-state index in [0.29, 0.717) is 19.0 Å². The second-order valence-corrected chi connectivity index (χ2v) is 6.73. The van der Waals surface area contributed by atoms with Gasteiger partial charge in [0, 0.05) is 6.54 Å². The van der Waals surface area contributed by atoms with Crippen LogP contribution in [0.2, 0.25) is 0 Å². The van der Waals surface area contributed by atoms with E-state index in [1.807, 2.05) is 0 Å². The van der Waals surface area contributed by atoms with Gasteiger partial charge in [0.15, 0.2) is 0 Å². The fourth-order valence-corrected chi connectivity index (χ4v) is 3.02. The van der Waals surface area contributed by atoms with Gasteiger partial charge in [0.1, 0.15) is 0 Å². The summed E-state index contributed by atoms with van der Waals surface area (Å²) in [5.41, 5.74) is 0.155. The summed E-state index contributed by atoms with van der Waals surface area (Å²) in [5, 5.41) is 0. The van der Waals surface area contributed by atoms with Gasteiger partial charge in [-0.05, 0) is 43.0 Å². The number of hydrogen-bond donors (Lipinski definition) is 1. The van der Waals surface area contributed by atoms with Crippen LogP contribution in [-0.2, 0) is 0 Å². The molecule has 5 heteroatoms. The van der Waals surface area contributed by atoms with Crippen molar-refractivity contribution in [2.45, 2.75) is 39.8 Å². The van der Waals surface area contributed by atoms with Gasteiger partial charge in [-0.1, -0.05) is 20.8 Å². The number of hydrogen-bond acceptors (Lipinski definition) is 2. The van der Waals surface area contributed by atoms with E-state index in [1.54, 1.807) is 0 Å². The second-order valence-electron chi connectivity index (χ2n) is 6.36. The maximum absolute atomic E-state index is 12.6. The fraction of sp³-hybridized carbons (Fsp3) is 1.00.